The van der Waals surface area contributed by atoms with Crippen molar-refractivity contribution in [3.63, 3.8) is 0 Å². The normalized spacial score (nSPS) is 22.1. The second-order valence-corrected chi connectivity index (χ2v) is 7.54. The van der Waals surface area contributed by atoms with E-state index in [2.05, 4.69) is 45.9 Å². The van der Waals surface area contributed by atoms with Crippen LogP contribution in [0.3, 0.4) is 0 Å². The summed E-state index contributed by atoms with van der Waals surface area (Å²) in [5.74, 6) is 0.227. The van der Waals surface area contributed by atoms with Gasteiger partial charge in [-0.1, -0.05) is 25.1 Å². The van der Waals surface area contributed by atoms with Gasteiger partial charge in [0.2, 0.25) is 5.91 Å². The Morgan fingerprint density at radius 3 is 2.43 bits per heavy atom. The van der Waals surface area contributed by atoms with Crippen LogP contribution in [0.5, 0.6) is 0 Å². The Hall–Kier alpha value is -1.33. The third-order valence-corrected chi connectivity index (χ3v) is 5.42. The van der Waals surface area contributed by atoms with Gasteiger partial charge in [0.15, 0.2) is 0 Å². The lowest BCUT2D eigenvalue weighted by Crippen LogP contribution is -2.41. The van der Waals surface area contributed by atoms with E-state index in [-0.39, 0.29) is 24.2 Å². The molecule has 5 heteroatoms. The molecule has 0 radical (unpaired) electrons. The highest BCUT2D eigenvalue weighted by molar-refractivity contribution is 6.62. The first-order valence-corrected chi connectivity index (χ1v) is 8.48. The predicted molar refractivity (Wildman–Crippen MR) is 91.6 cm³/mol. The summed E-state index contributed by atoms with van der Waals surface area (Å²) in [5, 5.41) is 0. The van der Waals surface area contributed by atoms with Crippen molar-refractivity contribution in [2.45, 2.75) is 65.2 Å². The Kier molecular flexibility index (Phi) is 4.05. The molecule has 0 saturated carbocycles. The van der Waals surface area contributed by atoms with E-state index in [0.717, 1.165) is 18.4 Å². The van der Waals surface area contributed by atoms with Gasteiger partial charge in [0, 0.05) is 19.5 Å². The molecule has 1 aromatic rings. The molecule has 4 nitrogen and oxygen atoms in total. The molecule has 0 bridgehead atoms. The summed E-state index contributed by atoms with van der Waals surface area (Å²) in [6.45, 7) is 11.7. The molecule has 1 fully saturated rings. The average Bonchev–Trinajstić information content (AvgIpc) is 2.73. The van der Waals surface area contributed by atoms with Crippen molar-refractivity contribution < 1.29 is 14.1 Å². The first-order valence-electron chi connectivity index (χ1n) is 8.48. The van der Waals surface area contributed by atoms with Crippen molar-refractivity contribution in [3.8, 4) is 0 Å². The monoisotopic (exact) mass is 315 g/mol. The fourth-order valence-electron chi connectivity index (χ4n) is 3.14. The number of amides is 1. The van der Waals surface area contributed by atoms with Crippen molar-refractivity contribution in [1.82, 2.24) is 4.90 Å². The highest BCUT2D eigenvalue weighted by Crippen LogP contribution is 2.36. The Morgan fingerprint density at radius 2 is 1.83 bits per heavy atom. The second kappa shape index (κ2) is 5.64. The van der Waals surface area contributed by atoms with Crippen molar-refractivity contribution in [2.75, 3.05) is 6.54 Å². The van der Waals surface area contributed by atoms with E-state index in [4.69, 9.17) is 9.31 Å². The maximum absolute atomic E-state index is 11.9. The maximum Gasteiger partial charge on any atom is 0.494 e. The molecule has 0 atom stereocenters. The number of rotatable bonds is 2. The zero-order valence-corrected chi connectivity index (χ0v) is 14.8. The molecule has 2 heterocycles. The molecule has 1 saturated heterocycles. The van der Waals surface area contributed by atoms with Crippen molar-refractivity contribution in [1.29, 1.82) is 0 Å². The number of hydrogen-bond donors (Lipinski definition) is 0. The Labute approximate surface area is 139 Å². The summed E-state index contributed by atoms with van der Waals surface area (Å²) in [7, 11) is -0.319. The standard InChI is InChI=1S/C18H26BNO3/c1-6-16(21)20-10-9-13-11-15(8-7-14(13)12-20)19-22-17(2,3)18(4,5)23-19/h7-8,11H,6,9-10,12H2,1-5H3. The molecule has 124 valence electrons. The van der Waals surface area contributed by atoms with Crippen LogP contribution in [-0.4, -0.2) is 35.7 Å². The van der Waals surface area contributed by atoms with Gasteiger partial charge in [-0.05, 0) is 50.7 Å². The summed E-state index contributed by atoms with van der Waals surface area (Å²) in [4.78, 5) is 13.8. The van der Waals surface area contributed by atoms with E-state index in [1.807, 2.05) is 11.8 Å². The SMILES string of the molecule is CCC(=O)N1CCc2cc(B3OC(C)(C)C(C)(C)O3)ccc2C1. The fourth-order valence-corrected chi connectivity index (χ4v) is 3.14. The van der Waals surface area contributed by atoms with Crippen LogP contribution >= 0.6 is 0 Å². The number of benzene rings is 1. The quantitative estimate of drug-likeness (QED) is 0.786. The lowest BCUT2D eigenvalue weighted by molar-refractivity contribution is -0.131. The molecule has 0 N–H and O–H groups in total. The van der Waals surface area contributed by atoms with Crippen LogP contribution in [-0.2, 0) is 27.1 Å². The topological polar surface area (TPSA) is 38.8 Å². The highest BCUT2D eigenvalue weighted by Gasteiger charge is 2.51. The average molecular weight is 315 g/mol. The van der Waals surface area contributed by atoms with E-state index < -0.39 is 0 Å². The van der Waals surface area contributed by atoms with Crippen molar-refractivity contribution >= 4 is 18.5 Å². The molecule has 0 spiro atoms. The van der Waals surface area contributed by atoms with Crippen LogP contribution in [0.15, 0.2) is 18.2 Å². The molecule has 0 aliphatic carbocycles. The van der Waals surface area contributed by atoms with Gasteiger partial charge in [0.05, 0.1) is 11.2 Å². The van der Waals surface area contributed by atoms with Gasteiger partial charge >= 0.3 is 7.12 Å². The van der Waals surface area contributed by atoms with Crippen molar-refractivity contribution in [3.05, 3.63) is 29.3 Å². The third-order valence-electron chi connectivity index (χ3n) is 5.42. The van der Waals surface area contributed by atoms with Gasteiger partial charge in [-0.3, -0.25) is 4.79 Å². The second-order valence-electron chi connectivity index (χ2n) is 7.54. The first-order chi connectivity index (χ1) is 10.7. The smallest absolute Gasteiger partial charge is 0.399 e. The summed E-state index contributed by atoms with van der Waals surface area (Å²) in [5.41, 5.74) is 2.96. The molecule has 23 heavy (non-hydrogen) atoms. The number of hydrogen-bond acceptors (Lipinski definition) is 3. The van der Waals surface area contributed by atoms with Crippen LogP contribution in [0.4, 0.5) is 0 Å². The molecular weight excluding hydrogens is 289 g/mol. The highest BCUT2D eigenvalue weighted by atomic mass is 16.7. The molecule has 2 aliphatic heterocycles. The van der Waals surface area contributed by atoms with E-state index in [1.54, 1.807) is 0 Å². The van der Waals surface area contributed by atoms with Gasteiger partial charge in [-0.2, -0.15) is 0 Å². The van der Waals surface area contributed by atoms with Crippen LogP contribution in [0.1, 0.15) is 52.2 Å². The first kappa shape index (κ1) is 16.5. The predicted octanol–water partition coefficient (Wildman–Crippen LogP) is 2.28. The molecular formula is C18H26BNO3. The molecule has 0 aromatic heterocycles. The van der Waals surface area contributed by atoms with Crippen LogP contribution in [0.25, 0.3) is 0 Å². The largest absolute Gasteiger partial charge is 0.494 e. The molecule has 0 unspecified atom stereocenters. The zero-order chi connectivity index (χ0) is 16.8. The van der Waals surface area contributed by atoms with E-state index in [9.17, 15) is 4.79 Å². The van der Waals surface area contributed by atoms with Gasteiger partial charge in [0.25, 0.3) is 0 Å². The van der Waals surface area contributed by atoms with Gasteiger partial charge in [0.1, 0.15) is 0 Å². The maximum atomic E-state index is 11.9. The number of carbonyl (C=O) groups excluding carboxylic acids is 1. The minimum Gasteiger partial charge on any atom is -0.399 e. The minimum atomic E-state index is -0.322. The van der Waals surface area contributed by atoms with Gasteiger partial charge in [-0.15, -0.1) is 0 Å². The summed E-state index contributed by atoms with van der Waals surface area (Å²) < 4.78 is 12.3. The van der Waals surface area contributed by atoms with Crippen LogP contribution < -0.4 is 5.46 Å². The van der Waals surface area contributed by atoms with E-state index in [1.165, 1.54) is 11.1 Å². The summed E-state index contributed by atoms with van der Waals surface area (Å²) in [6.07, 6.45) is 1.47. The van der Waals surface area contributed by atoms with Crippen LogP contribution in [0.2, 0.25) is 0 Å². The third kappa shape index (κ3) is 2.92. The molecule has 1 amide bonds. The minimum absolute atomic E-state index is 0.227. The van der Waals surface area contributed by atoms with Gasteiger partial charge in [-0.25, -0.2) is 0 Å². The van der Waals surface area contributed by atoms with Crippen LogP contribution in [0, 0.1) is 0 Å². The fraction of sp³-hybridized carbons (Fsp3) is 0.611. The lowest BCUT2D eigenvalue weighted by Gasteiger charge is -2.32. The number of fused-ring (bicyclic) bond motifs is 1. The molecule has 1 aromatic carbocycles. The Balaban J connectivity index is 1.80. The summed E-state index contributed by atoms with van der Waals surface area (Å²) >= 11 is 0. The molecule has 2 aliphatic rings. The van der Waals surface area contributed by atoms with E-state index >= 15 is 0 Å². The zero-order valence-electron chi connectivity index (χ0n) is 14.8. The van der Waals surface area contributed by atoms with Gasteiger partial charge < -0.3 is 14.2 Å². The lowest BCUT2D eigenvalue weighted by atomic mass is 9.77. The van der Waals surface area contributed by atoms with E-state index in [0.29, 0.717) is 13.0 Å². The number of carbonyl (C=O) groups is 1. The number of nitrogens with zero attached hydrogens (tertiary/aromatic N) is 1. The Bertz CT molecular complexity index is 611. The Morgan fingerprint density at radius 1 is 1.17 bits per heavy atom. The summed E-state index contributed by atoms with van der Waals surface area (Å²) in [6, 6.07) is 6.37. The van der Waals surface area contributed by atoms with Crippen molar-refractivity contribution in [2.24, 2.45) is 0 Å². The molecule has 3 rings (SSSR count).